The Hall–Kier alpha value is -1.65. The molecule has 0 atom stereocenters. The number of aryl methyl sites for hydroxylation is 3. The SMILES string of the molecule is Cc1ccccc1C(CO)(CO)CCc1ccnn1C. The predicted molar refractivity (Wildman–Crippen MR) is 78.6 cm³/mol. The molecule has 0 aliphatic heterocycles. The number of benzene rings is 1. The van der Waals surface area contributed by atoms with Crippen molar-refractivity contribution in [2.45, 2.75) is 25.2 Å². The molecule has 20 heavy (non-hydrogen) atoms. The normalized spacial score (nSPS) is 11.8. The third-order valence-corrected chi connectivity index (χ3v) is 4.10. The van der Waals surface area contributed by atoms with Crippen molar-refractivity contribution >= 4 is 0 Å². The zero-order chi connectivity index (χ0) is 14.6. The monoisotopic (exact) mass is 274 g/mol. The van der Waals surface area contributed by atoms with E-state index < -0.39 is 5.41 Å². The third-order valence-electron chi connectivity index (χ3n) is 4.10. The van der Waals surface area contributed by atoms with Crippen LogP contribution in [0.4, 0.5) is 0 Å². The van der Waals surface area contributed by atoms with Gasteiger partial charge in [0.15, 0.2) is 0 Å². The van der Waals surface area contributed by atoms with Crippen LogP contribution in [0.15, 0.2) is 36.5 Å². The second-order valence-electron chi connectivity index (χ2n) is 5.36. The summed E-state index contributed by atoms with van der Waals surface area (Å²) in [6.07, 6.45) is 3.22. The van der Waals surface area contributed by atoms with Gasteiger partial charge in [0.05, 0.1) is 13.2 Å². The second kappa shape index (κ2) is 6.20. The van der Waals surface area contributed by atoms with Crippen LogP contribution in [0.2, 0.25) is 0 Å². The molecule has 0 fully saturated rings. The molecule has 1 aromatic carbocycles. The fraction of sp³-hybridized carbons (Fsp3) is 0.438. The van der Waals surface area contributed by atoms with Crippen molar-refractivity contribution in [1.29, 1.82) is 0 Å². The molecule has 0 unspecified atom stereocenters. The van der Waals surface area contributed by atoms with Crippen molar-refractivity contribution in [3.8, 4) is 0 Å². The first-order valence-electron chi connectivity index (χ1n) is 6.88. The van der Waals surface area contributed by atoms with Gasteiger partial charge < -0.3 is 10.2 Å². The van der Waals surface area contributed by atoms with E-state index in [0.717, 1.165) is 23.2 Å². The lowest BCUT2D eigenvalue weighted by Crippen LogP contribution is -2.36. The highest BCUT2D eigenvalue weighted by molar-refractivity contribution is 5.34. The van der Waals surface area contributed by atoms with E-state index in [0.29, 0.717) is 6.42 Å². The molecule has 4 nitrogen and oxygen atoms in total. The topological polar surface area (TPSA) is 58.3 Å². The van der Waals surface area contributed by atoms with Gasteiger partial charge in [-0.25, -0.2) is 0 Å². The summed E-state index contributed by atoms with van der Waals surface area (Å²) in [5, 5.41) is 23.9. The summed E-state index contributed by atoms with van der Waals surface area (Å²) in [4.78, 5) is 0. The highest BCUT2D eigenvalue weighted by Gasteiger charge is 2.32. The molecular weight excluding hydrogens is 252 g/mol. The lowest BCUT2D eigenvalue weighted by molar-refractivity contribution is 0.108. The summed E-state index contributed by atoms with van der Waals surface area (Å²) >= 11 is 0. The van der Waals surface area contributed by atoms with Gasteiger partial charge in [0.2, 0.25) is 0 Å². The van der Waals surface area contributed by atoms with Crippen molar-refractivity contribution in [2.75, 3.05) is 13.2 Å². The number of aliphatic hydroxyl groups excluding tert-OH is 2. The lowest BCUT2D eigenvalue weighted by Gasteiger charge is -2.32. The van der Waals surface area contributed by atoms with Gasteiger partial charge in [0.1, 0.15) is 0 Å². The van der Waals surface area contributed by atoms with E-state index in [-0.39, 0.29) is 13.2 Å². The van der Waals surface area contributed by atoms with Crippen LogP contribution >= 0.6 is 0 Å². The molecule has 0 saturated carbocycles. The van der Waals surface area contributed by atoms with Gasteiger partial charge in [-0.2, -0.15) is 5.10 Å². The van der Waals surface area contributed by atoms with E-state index in [2.05, 4.69) is 5.10 Å². The van der Waals surface area contributed by atoms with Gasteiger partial charge in [0, 0.05) is 24.4 Å². The van der Waals surface area contributed by atoms with Gasteiger partial charge in [-0.1, -0.05) is 24.3 Å². The average Bonchev–Trinajstić information content (AvgIpc) is 2.87. The Balaban J connectivity index is 2.26. The first-order chi connectivity index (χ1) is 9.63. The largest absolute Gasteiger partial charge is 0.395 e. The van der Waals surface area contributed by atoms with Crippen molar-refractivity contribution in [2.24, 2.45) is 7.05 Å². The maximum absolute atomic E-state index is 9.87. The lowest BCUT2D eigenvalue weighted by atomic mass is 9.76. The van der Waals surface area contributed by atoms with Crippen molar-refractivity contribution in [1.82, 2.24) is 9.78 Å². The van der Waals surface area contributed by atoms with Crippen LogP contribution in [0.3, 0.4) is 0 Å². The number of hydrogen-bond acceptors (Lipinski definition) is 3. The van der Waals surface area contributed by atoms with Crippen LogP contribution in [-0.2, 0) is 18.9 Å². The molecule has 4 heteroatoms. The molecule has 2 N–H and O–H groups in total. The molecule has 2 rings (SSSR count). The fourth-order valence-electron chi connectivity index (χ4n) is 2.69. The zero-order valence-corrected chi connectivity index (χ0v) is 12.1. The molecule has 0 aliphatic carbocycles. The molecule has 0 bridgehead atoms. The number of aromatic nitrogens is 2. The third kappa shape index (κ3) is 2.76. The summed E-state index contributed by atoms with van der Waals surface area (Å²) in [6.45, 7) is 1.89. The molecule has 0 aliphatic rings. The van der Waals surface area contributed by atoms with Crippen LogP contribution < -0.4 is 0 Å². The van der Waals surface area contributed by atoms with Gasteiger partial charge in [-0.15, -0.1) is 0 Å². The average molecular weight is 274 g/mol. The molecule has 0 saturated heterocycles. The van der Waals surface area contributed by atoms with Gasteiger partial charge in [-0.3, -0.25) is 4.68 Å². The van der Waals surface area contributed by atoms with Gasteiger partial charge in [0.25, 0.3) is 0 Å². The minimum absolute atomic E-state index is 0.0633. The Bertz CT molecular complexity index is 559. The second-order valence-corrected chi connectivity index (χ2v) is 5.36. The first-order valence-corrected chi connectivity index (χ1v) is 6.88. The van der Waals surface area contributed by atoms with Crippen LogP contribution in [-0.4, -0.2) is 33.2 Å². The minimum atomic E-state index is -0.602. The smallest absolute Gasteiger partial charge is 0.0550 e. The quantitative estimate of drug-likeness (QED) is 0.841. The highest BCUT2D eigenvalue weighted by Crippen LogP contribution is 2.31. The summed E-state index contributed by atoms with van der Waals surface area (Å²) in [5.41, 5.74) is 2.62. The maximum Gasteiger partial charge on any atom is 0.0550 e. The van der Waals surface area contributed by atoms with E-state index in [4.69, 9.17) is 0 Å². The van der Waals surface area contributed by atoms with Crippen LogP contribution in [0.25, 0.3) is 0 Å². The van der Waals surface area contributed by atoms with E-state index in [9.17, 15) is 10.2 Å². The van der Waals surface area contributed by atoms with E-state index in [1.807, 2.05) is 49.0 Å². The van der Waals surface area contributed by atoms with E-state index >= 15 is 0 Å². The molecular formula is C16H22N2O2. The van der Waals surface area contributed by atoms with Gasteiger partial charge in [-0.05, 0) is 37.0 Å². The maximum atomic E-state index is 9.87. The van der Waals surface area contributed by atoms with Crippen molar-refractivity contribution < 1.29 is 10.2 Å². The standard InChI is InChI=1S/C16H22N2O2/c1-13-5-3-4-6-15(13)16(11-19,12-20)9-7-14-8-10-17-18(14)2/h3-6,8,10,19-20H,7,9,11-12H2,1-2H3. The molecule has 108 valence electrons. The Labute approximate surface area is 119 Å². The fourth-order valence-corrected chi connectivity index (χ4v) is 2.69. The Morgan fingerprint density at radius 1 is 1.15 bits per heavy atom. The predicted octanol–water partition coefficient (Wildman–Crippen LogP) is 1.58. The minimum Gasteiger partial charge on any atom is -0.395 e. The Kier molecular flexibility index (Phi) is 4.57. The summed E-state index contributed by atoms with van der Waals surface area (Å²) in [7, 11) is 1.91. The van der Waals surface area contributed by atoms with Gasteiger partial charge >= 0.3 is 0 Å². The molecule has 0 amide bonds. The molecule has 1 aromatic heterocycles. The molecule has 1 heterocycles. The van der Waals surface area contributed by atoms with E-state index in [1.165, 1.54) is 0 Å². The number of aliphatic hydroxyl groups is 2. The summed E-state index contributed by atoms with van der Waals surface area (Å²) in [6, 6.07) is 9.90. The molecule has 0 spiro atoms. The Morgan fingerprint density at radius 2 is 1.85 bits per heavy atom. The number of rotatable bonds is 6. The van der Waals surface area contributed by atoms with E-state index in [1.54, 1.807) is 6.20 Å². The highest BCUT2D eigenvalue weighted by atomic mass is 16.3. The number of nitrogens with zero attached hydrogens (tertiary/aromatic N) is 2. The van der Waals surface area contributed by atoms with Crippen LogP contribution in [0.5, 0.6) is 0 Å². The van der Waals surface area contributed by atoms with Crippen molar-refractivity contribution in [3.63, 3.8) is 0 Å². The zero-order valence-electron chi connectivity index (χ0n) is 12.1. The van der Waals surface area contributed by atoms with Crippen LogP contribution in [0.1, 0.15) is 23.2 Å². The summed E-state index contributed by atoms with van der Waals surface area (Å²) in [5.74, 6) is 0. The molecule has 2 aromatic rings. The molecule has 0 radical (unpaired) electrons. The van der Waals surface area contributed by atoms with Crippen LogP contribution in [0, 0.1) is 6.92 Å². The first kappa shape index (κ1) is 14.8. The van der Waals surface area contributed by atoms with Crippen molar-refractivity contribution in [3.05, 3.63) is 53.3 Å². The Morgan fingerprint density at radius 3 is 2.40 bits per heavy atom. The summed E-state index contributed by atoms with van der Waals surface area (Å²) < 4.78 is 1.83. The number of hydrogen-bond donors (Lipinski definition) is 2.